The van der Waals surface area contributed by atoms with Gasteiger partial charge in [0.2, 0.25) is 0 Å². The fourth-order valence-corrected chi connectivity index (χ4v) is 7.28. The average molecular weight is 694 g/mol. The Hall–Kier alpha value is -1.14. The number of ether oxygens (including phenoxy) is 2. The van der Waals surface area contributed by atoms with E-state index in [1.807, 2.05) is 0 Å². The van der Waals surface area contributed by atoms with Gasteiger partial charge in [-0.05, 0) is 88.6 Å². The highest BCUT2D eigenvalue weighted by Crippen LogP contribution is 2.53. The van der Waals surface area contributed by atoms with Crippen LogP contribution in [0.25, 0.3) is 0 Å². The SMILES string of the molecule is CCCCCCCCCOC(=O)CCCCCCCN(CCCO)CCCCCC1(CC(=O)OCCCCC(CCCC)CCCC)CC1. The molecule has 0 atom stereocenters. The predicted octanol–water partition coefficient (Wildman–Crippen LogP) is 11.7. The summed E-state index contributed by atoms with van der Waals surface area (Å²) in [6.07, 6.45) is 34.8. The normalized spacial score (nSPS) is 13.8. The summed E-state index contributed by atoms with van der Waals surface area (Å²) in [5.74, 6) is 0.860. The van der Waals surface area contributed by atoms with Crippen LogP contribution in [0.15, 0.2) is 0 Å². The van der Waals surface area contributed by atoms with Gasteiger partial charge in [-0.1, -0.05) is 136 Å². The van der Waals surface area contributed by atoms with Gasteiger partial charge in [0.25, 0.3) is 0 Å². The lowest BCUT2D eigenvalue weighted by atomic mass is 9.91. The summed E-state index contributed by atoms with van der Waals surface area (Å²) in [5, 5.41) is 9.38. The third-order valence-corrected chi connectivity index (χ3v) is 10.9. The van der Waals surface area contributed by atoms with Crippen LogP contribution in [-0.2, 0) is 19.1 Å². The lowest BCUT2D eigenvalue weighted by Crippen LogP contribution is -2.28. The zero-order valence-electron chi connectivity index (χ0n) is 33.1. The highest BCUT2D eigenvalue weighted by Gasteiger charge is 2.43. The molecule has 0 saturated heterocycles. The average Bonchev–Trinajstić information content (AvgIpc) is 3.86. The standard InChI is InChI=1S/C43H83NO5/c1-4-7-10-11-12-16-23-37-48-41(46)29-18-14-13-15-21-33-44(35-25-36-45)34-22-17-20-30-43(31-32-43)39-42(47)49-38-24-19-28-40(26-8-5-2)27-9-6-3/h40,45H,4-39H2,1-3H3. The van der Waals surface area contributed by atoms with E-state index in [1.165, 1.54) is 141 Å². The van der Waals surface area contributed by atoms with E-state index in [4.69, 9.17) is 9.47 Å². The number of unbranched alkanes of at least 4 members (excludes halogenated alkanes) is 15. The van der Waals surface area contributed by atoms with Crippen LogP contribution in [0.5, 0.6) is 0 Å². The third kappa shape index (κ3) is 28.2. The molecular formula is C43H83NO5. The second-order valence-electron chi connectivity index (χ2n) is 15.6. The molecule has 0 aromatic heterocycles. The summed E-state index contributed by atoms with van der Waals surface area (Å²) >= 11 is 0. The topological polar surface area (TPSA) is 76.1 Å². The van der Waals surface area contributed by atoms with Crippen LogP contribution in [0.2, 0.25) is 0 Å². The Morgan fingerprint density at radius 3 is 1.67 bits per heavy atom. The van der Waals surface area contributed by atoms with Gasteiger partial charge >= 0.3 is 11.9 Å². The van der Waals surface area contributed by atoms with E-state index >= 15 is 0 Å². The summed E-state index contributed by atoms with van der Waals surface area (Å²) in [7, 11) is 0. The van der Waals surface area contributed by atoms with E-state index in [1.54, 1.807) is 0 Å². The smallest absolute Gasteiger partial charge is 0.306 e. The second-order valence-corrected chi connectivity index (χ2v) is 15.6. The Labute approximate surface area is 304 Å². The van der Waals surface area contributed by atoms with Crippen molar-refractivity contribution in [1.29, 1.82) is 0 Å². The molecule has 49 heavy (non-hydrogen) atoms. The highest BCUT2D eigenvalue weighted by molar-refractivity contribution is 5.70. The van der Waals surface area contributed by atoms with Crippen LogP contribution < -0.4 is 0 Å². The molecule has 1 saturated carbocycles. The van der Waals surface area contributed by atoms with Crippen molar-refractivity contribution in [2.24, 2.45) is 11.3 Å². The summed E-state index contributed by atoms with van der Waals surface area (Å²) in [6.45, 7) is 11.4. The minimum absolute atomic E-state index is 0.0248. The van der Waals surface area contributed by atoms with E-state index in [9.17, 15) is 14.7 Å². The molecule has 6 heteroatoms. The zero-order valence-corrected chi connectivity index (χ0v) is 33.1. The van der Waals surface area contributed by atoms with Gasteiger partial charge in [-0.25, -0.2) is 0 Å². The van der Waals surface area contributed by atoms with E-state index in [2.05, 4.69) is 25.7 Å². The van der Waals surface area contributed by atoms with Gasteiger partial charge in [0.1, 0.15) is 0 Å². The third-order valence-electron chi connectivity index (χ3n) is 10.9. The summed E-state index contributed by atoms with van der Waals surface area (Å²) in [6, 6.07) is 0. The molecule has 1 aliphatic rings. The van der Waals surface area contributed by atoms with Crippen molar-refractivity contribution < 1.29 is 24.2 Å². The van der Waals surface area contributed by atoms with Crippen LogP contribution in [-0.4, -0.2) is 61.4 Å². The largest absolute Gasteiger partial charge is 0.466 e. The molecule has 1 rings (SSSR count). The molecule has 290 valence electrons. The summed E-state index contributed by atoms with van der Waals surface area (Å²) in [5.41, 5.74) is 0.226. The Kier molecular flexibility index (Phi) is 30.7. The molecule has 0 spiro atoms. The first kappa shape index (κ1) is 45.9. The Morgan fingerprint density at radius 2 is 1.06 bits per heavy atom. The quantitative estimate of drug-likeness (QED) is 0.0512. The minimum Gasteiger partial charge on any atom is -0.466 e. The van der Waals surface area contributed by atoms with E-state index in [-0.39, 0.29) is 24.0 Å². The van der Waals surface area contributed by atoms with E-state index in [0.29, 0.717) is 26.1 Å². The molecule has 0 radical (unpaired) electrons. The number of carbonyl (C=O) groups excluding carboxylic acids is 2. The summed E-state index contributed by atoms with van der Waals surface area (Å²) < 4.78 is 11.1. The van der Waals surface area contributed by atoms with Gasteiger partial charge < -0.3 is 19.5 Å². The van der Waals surface area contributed by atoms with Crippen molar-refractivity contribution in [2.75, 3.05) is 39.5 Å². The van der Waals surface area contributed by atoms with Crippen LogP contribution in [0.3, 0.4) is 0 Å². The maximum atomic E-state index is 12.6. The van der Waals surface area contributed by atoms with Crippen molar-refractivity contribution in [3.63, 3.8) is 0 Å². The number of aliphatic hydroxyl groups excluding tert-OH is 1. The number of carbonyl (C=O) groups is 2. The van der Waals surface area contributed by atoms with Gasteiger partial charge in [-0.15, -0.1) is 0 Å². The molecule has 0 heterocycles. The monoisotopic (exact) mass is 694 g/mol. The molecule has 1 N–H and O–H groups in total. The number of aliphatic hydroxyl groups is 1. The first-order valence-corrected chi connectivity index (χ1v) is 21.6. The highest BCUT2D eigenvalue weighted by atomic mass is 16.5. The first-order chi connectivity index (χ1) is 24.0. The Balaban J connectivity index is 2.08. The second kappa shape index (κ2) is 32.7. The molecule has 1 aliphatic carbocycles. The minimum atomic E-state index is -0.0248. The van der Waals surface area contributed by atoms with Crippen LogP contribution in [0, 0.1) is 11.3 Å². The van der Waals surface area contributed by atoms with Crippen molar-refractivity contribution in [3.05, 3.63) is 0 Å². The fourth-order valence-electron chi connectivity index (χ4n) is 7.28. The number of esters is 2. The number of hydrogen-bond donors (Lipinski definition) is 1. The van der Waals surface area contributed by atoms with Gasteiger partial charge in [-0.3, -0.25) is 9.59 Å². The van der Waals surface area contributed by atoms with Gasteiger partial charge in [-0.2, -0.15) is 0 Å². The van der Waals surface area contributed by atoms with Gasteiger partial charge in [0, 0.05) is 19.6 Å². The first-order valence-electron chi connectivity index (χ1n) is 21.6. The Morgan fingerprint density at radius 1 is 0.571 bits per heavy atom. The number of rotatable bonds is 38. The van der Waals surface area contributed by atoms with Crippen molar-refractivity contribution in [2.45, 2.75) is 213 Å². The maximum Gasteiger partial charge on any atom is 0.306 e. The fraction of sp³-hybridized carbons (Fsp3) is 0.953. The number of hydrogen-bond acceptors (Lipinski definition) is 6. The van der Waals surface area contributed by atoms with Crippen LogP contribution in [0.4, 0.5) is 0 Å². The van der Waals surface area contributed by atoms with Gasteiger partial charge in [0.15, 0.2) is 0 Å². The molecule has 0 amide bonds. The van der Waals surface area contributed by atoms with E-state index < -0.39 is 0 Å². The number of nitrogens with zero attached hydrogens (tertiary/aromatic N) is 1. The molecule has 0 aliphatic heterocycles. The molecule has 0 aromatic rings. The van der Waals surface area contributed by atoms with Crippen molar-refractivity contribution in [1.82, 2.24) is 4.90 Å². The summed E-state index contributed by atoms with van der Waals surface area (Å²) in [4.78, 5) is 27.1. The maximum absolute atomic E-state index is 12.6. The van der Waals surface area contributed by atoms with Crippen LogP contribution in [0.1, 0.15) is 213 Å². The predicted molar refractivity (Wildman–Crippen MR) is 207 cm³/mol. The van der Waals surface area contributed by atoms with Gasteiger partial charge in [0.05, 0.1) is 19.6 Å². The lowest BCUT2D eigenvalue weighted by molar-refractivity contribution is -0.145. The van der Waals surface area contributed by atoms with Crippen molar-refractivity contribution >= 4 is 11.9 Å². The molecule has 6 nitrogen and oxygen atoms in total. The lowest BCUT2D eigenvalue weighted by Gasteiger charge is -2.22. The van der Waals surface area contributed by atoms with E-state index in [0.717, 1.165) is 64.1 Å². The molecule has 0 aromatic carbocycles. The van der Waals surface area contributed by atoms with Crippen molar-refractivity contribution in [3.8, 4) is 0 Å². The molecule has 1 fully saturated rings. The molecule has 0 bridgehead atoms. The zero-order chi connectivity index (χ0) is 35.7. The Bertz CT molecular complexity index is 747. The molecular weight excluding hydrogens is 610 g/mol. The van der Waals surface area contributed by atoms with Crippen LogP contribution >= 0.6 is 0 Å². The molecule has 0 unspecified atom stereocenters.